The van der Waals surface area contributed by atoms with Gasteiger partial charge in [-0.15, -0.1) is 0 Å². The molecule has 1 aromatic rings. The minimum absolute atomic E-state index is 0.546. The third-order valence-corrected chi connectivity index (χ3v) is 2.90. The molecule has 0 fully saturated rings. The maximum atomic E-state index is 10.9. The van der Waals surface area contributed by atoms with E-state index in [2.05, 4.69) is 22.9 Å². The molecule has 0 heterocycles. The van der Waals surface area contributed by atoms with Crippen LogP contribution in [0.3, 0.4) is 0 Å². The van der Waals surface area contributed by atoms with Crippen molar-refractivity contribution in [2.75, 3.05) is 0 Å². The Bertz CT molecular complexity index is 399. The molecule has 0 saturated carbocycles. The molecule has 16 heavy (non-hydrogen) atoms. The van der Waals surface area contributed by atoms with Gasteiger partial charge in [0.25, 0.3) is 0 Å². The summed E-state index contributed by atoms with van der Waals surface area (Å²) in [7, 11) is 0. The molecular formula is C12H15BrO3. The van der Waals surface area contributed by atoms with Gasteiger partial charge in [-0.05, 0) is 53.9 Å². The first-order valence-corrected chi connectivity index (χ1v) is 5.87. The van der Waals surface area contributed by atoms with Gasteiger partial charge in [0, 0.05) is 0 Å². The summed E-state index contributed by atoms with van der Waals surface area (Å²) in [6.07, 6.45) is 0.932. The number of carbonyl (C=O) groups is 1. The second-order valence-corrected chi connectivity index (χ2v) is 4.89. The van der Waals surface area contributed by atoms with E-state index in [9.17, 15) is 4.79 Å². The fourth-order valence-electron chi connectivity index (χ4n) is 1.17. The van der Waals surface area contributed by atoms with Gasteiger partial charge in [-0.25, -0.2) is 4.79 Å². The molecule has 0 aliphatic rings. The van der Waals surface area contributed by atoms with E-state index in [1.807, 2.05) is 12.1 Å². The summed E-state index contributed by atoms with van der Waals surface area (Å²) in [5.74, 6) is -0.441. The SMILES string of the molecule is CCc1ccc(OC(C)(C)C(=O)O)c(Br)c1. The zero-order valence-electron chi connectivity index (χ0n) is 9.58. The molecular weight excluding hydrogens is 272 g/mol. The van der Waals surface area contributed by atoms with Crippen LogP contribution < -0.4 is 4.74 Å². The third kappa shape index (κ3) is 2.98. The van der Waals surface area contributed by atoms with E-state index in [4.69, 9.17) is 9.84 Å². The molecule has 0 atom stereocenters. The van der Waals surface area contributed by atoms with Crippen LogP contribution in [-0.2, 0) is 11.2 Å². The molecule has 0 saturated heterocycles. The van der Waals surface area contributed by atoms with Crippen molar-refractivity contribution in [1.82, 2.24) is 0 Å². The first kappa shape index (κ1) is 13.0. The lowest BCUT2D eigenvalue weighted by Gasteiger charge is -2.22. The largest absolute Gasteiger partial charge is 0.478 e. The lowest BCUT2D eigenvalue weighted by molar-refractivity contribution is -0.152. The highest BCUT2D eigenvalue weighted by atomic mass is 79.9. The monoisotopic (exact) mass is 286 g/mol. The van der Waals surface area contributed by atoms with Gasteiger partial charge in [0.1, 0.15) is 5.75 Å². The Morgan fingerprint density at radius 2 is 2.12 bits per heavy atom. The topological polar surface area (TPSA) is 46.5 Å². The van der Waals surface area contributed by atoms with E-state index in [0.717, 1.165) is 10.9 Å². The van der Waals surface area contributed by atoms with Crippen molar-refractivity contribution in [3.63, 3.8) is 0 Å². The van der Waals surface area contributed by atoms with Crippen LogP contribution in [0, 0.1) is 0 Å². The standard InChI is InChI=1S/C12H15BrO3/c1-4-8-5-6-10(9(13)7-8)16-12(2,3)11(14)15/h5-7H,4H2,1-3H3,(H,14,15). The number of rotatable bonds is 4. The summed E-state index contributed by atoms with van der Waals surface area (Å²) >= 11 is 3.37. The van der Waals surface area contributed by atoms with Crippen molar-refractivity contribution in [3.05, 3.63) is 28.2 Å². The lowest BCUT2D eigenvalue weighted by atomic mass is 10.1. The van der Waals surface area contributed by atoms with E-state index >= 15 is 0 Å². The Labute approximate surface area is 104 Å². The van der Waals surface area contributed by atoms with E-state index in [1.54, 1.807) is 6.07 Å². The van der Waals surface area contributed by atoms with Crippen molar-refractivity contribution in [1.29, 1.82) is 0 Å². The van der Waals surface area contributed by atoms with E-state index < -0.39 is 11.6 Å². The van der Waals surface area contributed by atoms with Crippen LogP contribution in [0.5, 0.6) is 5.75 Å². The van der Waals surface area contributed by atoms with E-state index in [0.29, 0.717) is 5.75 Å². The number of hydrogen-bond donors (Lipinski definition) is 1. The second-order valence-electron chi connectivity index (χ2n) is 4.04. The molecule has 0 bridgehead atoms. The normalized spacial score (nSPS) is 11.2. The highest BCUT2D eigenvalue weighted by Crippen LogP contribution is 2.29. The smallest absolute Gasteiger partial charge is 0.347 e. The minimum Gasteiger partial charge on any atom is -0.478 e. The number of aryl methyl sites for hydroxylation is 1. The van der Waals surface area contributed by atoms with Crippen LogP contribution in [0.15, 0.2) is 22.7 Å². The van der Waals surface area contributed by atoms with Crippen molar-refractivity contribution in [3.8, 4) is 5.75 Å². The second kappa shape index (κ2) is 4.87. The fraction of sp³-hybridized carbons (Fsp3) is 0.417. The van der Waals surface area contributed by atoms with Crippen LogP contribution in [-0.4, -0.2) is 16.7 Å². The molecule has 1 N–H and O–H groups in total. The molecule has 3 nitrogen and oxygen atoms in total. The first-order valence-electron chi connectivity index (χ1n) is 5.07. The average Bonchev–Trinajstić information content (AvgIpc) is 2.20. The Morgan fingerprint density at radius 1 is 1.50 bits per heavy atom. The lowest BCUT2D eigenvalue weighted by Crippen LogP contribution is -2.37. The third-order valence-electron chi connectivity index (χ3n) is 2.28. The van der Waals surface area contributed by atoms with Crippen LogP contribution in [0.2, 0.25) is 0 Å². The molecule has 0 amide bonds. The molecule has 0 radical (unpaired) electrons. The van der Waals surface area contributed by atoms with Crippen molar-refractivity contribution in [2.45, 2.75) is 32.8 Å². The Hall–Kier alpha value is -1.03. The number of hydrogen-bond acceptors (Lipinski definition) is 2. The Morgan fingerprint density at radius 3 is 2.56 bits per heavy atom. The Kier molecular flexibility index (Phi) is 3.97. The van der Waals surface area contributed by atoms with Gasteiger partial charge in [0.05, 0.1) is 4.47 Å². The summed E-state index contributed by atoms with van der Waals surface area (Å²) in [5, 5.41) is 8.95. The highest BCUT2D eigenvalue weighted by molar-refractivity contribution is 9.10. The molecule has 88 valence electrons. The minimum atomic E-state index is -1.23. The van der Waals surface area contributed by atoms with Crippen molar-refractivity contribution < 1.29 is 14.6 Å². The number of ether oxygens (including phenoxy) is 1. The van der Waals surface area contributed by atoms with Gasteiger partial charge in [0.15, 0.2) is 5.60 Å². The van der Waals surface area contributed by atoms with Crippen LogP contribution in [0.25, 0.3) is 0 Å². The van der Waals surface area contributed by atoms with Gasteiger partial charge in [-0.3, -0.25) is 0 Å². The summed E-state index contributed by atoms with van der Waals surface area (Å²) < 4.78 is 6.23. The zero-order valence-corrected chi connectivity index (χ0v) is 11.2. The summed E-state index contributed by atoms with van der Waals surface area (Å²) in [4.78, 5) is 10.9. The molecule has 1 aromatic carbocycles. The van der Waals surface area contributed by atoms with Gasteiger partial charge in [-0.2, -0.15) is 0 Å². The van der Waals surface area contributed by atoms with Crippen LogP contribution in [0.1, 0.15) is 26.3 Å². The molecule has 0 aliphatic carbocycles. The Balaban J connectivity index is 2.94. The predicted molar refractivity (Wildman–Crippen MR) is 65.9 cm³/mol. The number of aliphatic carboxylic acids is 1. The fourth-order valence-corrected chi connectivity index (χ4v) is 1.67. The molecule has 1 rings (SSSR count). The van der Waals surface area contributed by atoms with Gasteiger partial charge in [-0.1, -0.05) is 13.0 Å². The highest BCUT2D eigenvalue weighted by Gasteiger charge is 2.29. The maximum absolute atomic E-state index is 10.9. The van der Waals surface area contributed by atoms with Crippen LogP contribution in [0.4, 0.5) is 0 Å². The zero-order chi connectivity index (χ0) is 12.3. The predicted octanol–water partition coefficient (Wildman–Crippen LogP) is 3.25. The summed E-state index contributed by atoms with van der Waals surface area (Å²) in [5.41, 5.74) is -0.0525. The van der Waals surface area contributed by atoms with E-state index in [-0.39, 0.29) is 0 Å². The molecule has 0 aromatic heterocycles. The maximum Gasteiger partial charge on any atom is 0.347 e. The van der Waals surface area contributed by atoms with Crippen molar-refractivity contribution in [2.24, 2.45) is 0 Å². The van der Waals surface area contributed by atoms with Crippen molar-refractivity contribution >= 4 is 21.9 Å². The van der Waals surface area contributed by atoms with Gasteiger partial charge >= 0.3 is 5.97 Å². The molecule has 0 spiro atoms. The van der Waals surface area contributed by atoms with Crippen LogP contribution >= 0.6 is 15.9 Å². The number of halogens is 1. The molecule has 0 aliphatic heterocycles. The van der Waals surface area contributed by atoms with Gasteiger partial charge in [0.2, 0.25) is 0 Å². The molecule has 4 heteroatoms. The summed E-state index contributed by atoms with van der Waals surface area (Å²) in [6, 6.07) is 5.65. The molecule has 0 unspecified atom stereocenters. The van der Waals surface area contributed by atoms with Gasteiger partial charge < -0.3 is 9.84 Å². The summed E-state index contributed by atoms with van der Waals surface area (Å²) in [6.45, 7) is 5.11. The van der Waals surface area contributed by atoms with E-state index in [1.165, 1.54) is 19.4 Å². The first-order chi connectivity index (χ1) is 7.36. The number of carboxylic acid groups (broad SMARTS) is 1. The number of carboxylic acids is 1. The average molecular weight is 287 g/mol. The number of benzene rings is 1. The quantitative estimate of drug-likeness (QED) is 0.924.